The van der Waals surface area contributed by atoms with Crippen molar-refractivity contribution in [1.29, 1.82) is 0 Å². The van der Waals surface area contributed by atoms with Gasteiger partial charge in [-0.05, 0) is 32.2 Å². The summed E-state index contributed by atoms with van der Waals surface area (Å²) in [5.41, 5.74) is 2.11. The summed E-state index contributed by atoms with van der Waals surface area (Å²) < 4.78 is 1.94. The third kappa shape index (κ3) is 2.89. The molecule has 0 aromatic carbocycles. The zero-order chi connectivity index (χ0) is 13.1. The van der Waals surface area contributed by atoms with Crippen molar-refractivity contribution in [2.75, 3.05) is 6.54 Å². The summed E-state index contributed by atoms with van der Waals surface area (Å²) in [6, 6.07) is 0.546. The lowest BCUT2D eigenvalue weighted by atomic mass is 9.94. The predicted octanol–water partition coefficient (Wildman–Crippen LogP) is 3.09. The van der Waals surface area contributed by atoms with Crippen LogP contribution in [0.15, 0.2) is 0 Å². The molecule has 1 aliphatic rings. The fourth-order valence-corrected chi connectivity index (χ4v) is 3.37. The molecule has 0 saturated heterocycles. The van der Waals surface area contributed by atoms with Gasteiger partial charge in [-0.2, -0.15) is 5.10 Å². The number of rotatable bonds is 5. The van der Waals surface area contributed by atoms with Crippen molar-refractivity contribution < 1.29 is 0 Å². The molecule has 1 N–H and O–H groups in total. The summed E-state index contributed by atoms with van der Waals surface area (Å²) in [7, 11) is 1.99. The van der Waals surface area contributed by atoms with E-state index in [2.05, 4.69) is 17.3 Å². The zero-order valence-electron chi connectivity index (χ0n) is 11.7. The molecule has 1 saturated carbocycles. The number of nitrogens with zero attached hydrogens (tertiary/aromatic N) is 2. The number of likely N-dealkylation sites (N-methyl/N-ethyl adjacent to an activating group) is 1. The SMILES string of the molecule is CCNC(Cc1c(Cl)c(C)nn1C)C1CCCC1. The molecule has 2 rings (SSSR count). The molecule has 0 spiro atoms. The van der Waals surface area contributed by atoms with Gasteiger partial charge >= 0.3 is 0 Å². The van der Waals surface area contributed by atoms with E-state index in [1.165, 1.54) is 31.4 Å². The van der Waals surface area contributed by atoms with Gasteiger partial charge in [0.25, 0.3) is 0 Å². The Hall–Kier alpha value is -0.540. The van der Waals surface area contributed by atoms with Crippen LogP contribution in [0.25, 0.3) is 0 Å². The normalized spacial score (nSPS) is 18.4. The molecule has 1 heterocycles. The first-order valence-corrected chi connectivity index (χ1v) is 7.42. The molecule has 3 nitrogen and oxygen atoms in total. The molecule has 1 fully saturated rings. The van der Waals surface area contributed by atoms with Crippen LogP contribution >= 0.6 is 11.6 Å². The molecule has 0 amide bonds. The molecule has 0 radical (unpaired) electrons. The second-order valence-corrected chi connectivity index (χ2v) is 5.76. The summed E-state index contributed by atoms with van der Waals surface area (Å²) in [5, 5.41) is 8.89. The highest BCUT2D eigenvalue weighted by atomic mass is 35.5. The average molecular weight is 270 g/mol. The van der Waals surface area contributed by atoms with E-state index in [0.29, 0.717) is 6.04 Å². The minimum atomic E-state index is 0.546. The Morgan fingerprint density at radius 3 is 2.61 bits per heavy atom. The Balaban J connectivity index is 2.12. The Morgan fingerprint density at radius 1 is 1.44 bits per heavy atom. The van der Waals surface area contributed by atoms with Crippen LogP contribution < -0.4 is 5.32 Å². The molecule has 1 atom stereocenters. The highest BCUT2D eigenvalue weighted by molar-refractivity contribution is 6.31. The minimum Gasteiger partial charge on any atom is -0.314 e. The lowest BCUT2D eigenvalue weighted by Gasteiger charge is -2.24. The van der Waals surface area contributed by atoms with Crippen LogP contribution in [0.5, 0.6) is 0 Å². The third-order valence-electron chi connectivity index (χ3n) is 4.11. The van der Waals surface area contributed by atoms with Crippen molar-refractivity contribution >= 4 is 11.6 Å². The second-order valence-electron chi connectivity index (χ2n) is 5.38. The van der Waals surface area contributed by atoms with Crippen molar-refractivity contribution in [3.63, 3.8) is 0 Å². The van der Waals surface area contributed by atoms with Gasteiger partial charge in [0, 0.05) is 19.5 Å². The molecule has 1 unspecified atom stereocenters. The fraction of sp³-hybridized carbons (Fsp3) is 0.786. The van der Waals surface area contributed by atoms with Gasteiger partial charge in [-0.3, -0.25) is 4.68 Å². The van der Waals surface area contributed by atoms with Gasteiger partial charge in [0.2, 0.25) is 0 Å². The summed E-state index contributed by atoms with van der Waals surface area (Å²) in [6.07, 6.45) is 6.46. The monoisotopic (exact) mass is 269 g/mol. The minimum absolute atomic E-state index is 0.546. The molecule has 1 aliphatic carbocycles. The Bertz CT molecular complexity index is 394. The number of hydrogen-bond donors (Lipinski definition) is 1. The van der Waals surface area contributed by atoms with Crippen LogP contribution in [0.2, 0.25) is 5.02 Å². The maximum Gasteiger partial charge on any atom is 0.0847 e. The van der Waals surface area contributed by atoms with E-state index < -0.39 is 0 Å². The number of aryl methyl sites for hydroxylation is 2. The van der Waals surface area contributed by atoms with Crippen LogP contribution in [0.4, 0.5) is 0 Å². The largest absolute Gasteiger partial charge is 0.314 e. The van der Waals surface area contributed by atoms with Gasteiger partial charge < -0.3 is 5.32 Å². The van der Waals surface area contributed by atoms with Gasteiger partial charge in [0.1, 0.15) is 0 Å². The quantitative estimate of drug-likeness (QED) is 0.890. The van der Waals surface area contributed by atoms with E-state index >= 15 is 0 Å². The molecule has 18 heavy (non-hydrogen) atoms. The highest BCUT2D eigenvalue weighted by Gasteiger charge is 2.26. The van der Waals surface area contributed by atoms with Crippen LogP contribution in [-0.4, -0.2) is 22.4 Å². The van der Waals surface area contributed by atoms with Crippen molar-refractivity contribution in [3.8, 4) is 0 Å². The number of nitrogens with one attached hydrogen (secondary N) is 1. The standard InChI is InChI=1S/C14H24ClN3/c1-4-16-12(11-7-5-6-8-11)9-13-14(15)10(2)17-18(13)3/h11-12,16H,4-9H2,1-3H3. The first-order chi connectivity index (χ1) is 8.63. The summed E-state index contributed by atoms with van der Waals surface area (Å²) in [5.74, 6) is 0.802. The number of hydrogen-bond acceptors (Lipinski definition) is 2. The van der Waals surface area contributed by atoms with E-state index in [1.54, 1.807) is 0 Å². The summed E-state index contributed by atoms with van der Waals surface area (Å²) in [6.45, 7) is 5.18. The Morgan fingerprint density at radius 2 is 2.11 bits per heavy atom. The van der Waals surface area contributed by atoms with Crippen LogP contribution in [-0.2, 0) is 13.5 Å². The molecule has 0 bridgehead atoms. The molecule has 102 valence electrons. The number of halogens is 1. The molecule has 1 aromatic heterocycles. The lowest BCUT2D eigenvalue weighted by Crippen LogP contribution is -2.37. The van der Waals surface area contributed by atoms with E-state index in [4.69, 9.17) is 11.6 Å². The van der Waals surface area contributed by atoms with E-state index in [0.717, 1.165) is 29.6 Å². The Kier molecular flexibility index (Phi) is 4.68. The summed E-state index contributed by atoms with van der Waals surface area (Å²) >= 11 is 6.35. The maximum atomic E-state index is 6.35. The van der Waals surface area contributed by atoms with Crippen molar-refractivity contribution in [2.45, 2.75) is 52.0 Å². The molecule has 0 aliphatic heterocycles. The van der Waals surface area contributed by atoms with Gasteiger partial charge in [-0.15, -0.1) is 0 Å². The maximum absolute atomic E-state index is 6.35. The molecule has 1 aromatic rings. The van der Waals surface area contributed by atoms with Crippen molar-refractivity contribution in [1.82, 2.24) is 15.1 Å². The molecular weight excluding hydrogens is 246 g/mol. The molecular formula is C14H24ClN3. The molecule has 4 heteroatoms. The topological polar surface area (TPSA) is 29.9 Å². The summed E-state index contributed by atoms with van der Waals surface area (Å²) in [4.78, 5) is 0. The van der Waals surface area contributed by atoms with E-state index in [9.17, 15) is 0 Å². The van der Waals surface area contributed by atoms with Crippen molar-refractivity contribution in [3.05, 3.63) is 16.4 Å². The van der Waals surface area contributed by atoms with Gasteiger partial charge in [-0.25, -0.2) is 0 Å². The van der Waals surface area contributed by atoms with Crippen molar-refractivity contribution in [2.24, 2.45) is 13.0 Å². The van der Waals surface area contributed by atoms with Crippen LogP contribution in [0.1, 0.15) is 44.0 Å². The van der Waals surface area contributed by atoms with Crippen LogP contribution in [0.3, 0.4) is 0 Å². The van der Waals surface area contributed by atoms with Crippen LogP contribution in [0, 0.1) is 12.8 Å². The smallest absolute Gasteiger partial charge is 0.0847 e. The number of aromatic nitrogens is 2. The van der Waals surface area contributed by atoms with Gasteiger partial charge in [0.15, 0.2) is 0 Å². The first kappa shape index (κ1) is 13.9. The zero-order valence-corrected chi connectivity index (χ0v) is 12.4. The van der Waals surface area contributed by atoms with E-state index in [1.807, 2.05) is 18.7 Å². The predicted molar refractivity (Wildman–Crippen MR) is 76.1 cm³/mol. The fourth-order valence-electron chi connectivity index (χ4n) is 3.14. The van der Waals surface area contributed by atoms with E-state index in [-0.39, 0.29) is 0 Å². The first-order valence-electron chi connectivity index (χ1n) is 7.04. The second kappa shape index (κ2) is 6.07. The van der Waals surface area contributed by atoms with Gasteiger partial charge in [0.05, 0.1) is 16.4 Å². The lowest BCUT2D eigenvalue weighted by molar-refractivity contribution is 0.356. The average Bonchev–Trinajstić information content (AvgIpc) is 2.93. The third-order valence-corrected chi connectivity index (χ3v) is 4.60. The highest BCUT2D eigenvalue weighted by Crippen LogP contribution is 2.30. The van der Waals surface area contributed by atoms with Gasteiger partial charge in [-0.1, -0.05) is 31.4 Å². The Labute approximate surface area is 115 Å².